The molecule has 0 saturated carbocycles. The first-order valence-electron chi connectivity index (χ1n) is 7.78. The number of carbonyl (C=O) groups is 1. The number of hydrogen-bond donors (Lipinski definition) is 2. The van der Waals surface area contributed by atoms with Crippen molar-refractivity contribution in [1.29, 1.82) is 0 Å². The van der Waals surface area contributed by atoms with Gasteiger partial charge in [0, 0.05) is 14.1 Å². The van der Waals surface area contributed by atoms with E-state index in [-0.39, 0.29) is 22.7 Å². The summed E-state index contributed by atoms with van der Waals surface area (Å²) in [4.78, 5) is 48.1. The Morgan fingerprint density at radius 3 is 2.58 bits per heavy atom. The minimum Gasteiger partial charge on any atom is -0.324 e. The minimum absolute atomic E-state index is 0.0706. The summed E-state index contributed by atoms with van der Waals surface area (Å²) in [6, 6.07) is 10.3. The van der Waals surface area contributed by atoms with Crippen LogP contribution in [0.3, 0.4) is 0 Å². The molecule has 0 radical (unpaired) electrons. The van der Waals surface area contributed by atoms with Crippen molar-refractivity contribution >= 4 is 33.9 Å². The number of aromatic nitrogens is 5. The molecule has 9 nitrogen and oxygen atoms in total. The lowest BCUT2D eigenvalue weighted by Gasteiger charge is -2.08. The molecule has 130 valence electrons. The van der Waals surface area contributed by atoms with Gasteiger partial charge >= 0.3 is 5.69 Å². The fourth-order valence-corrected chi connectivity index (χ4v) is 2.76. The van der Waals surface area contributed by atoms with Crippen LogP contribution >= 0.6 is 0 Å². The topological polar surface area (TPSA) is 115 Å². The standard InChI is InChI=1S/C17H14N6O3/c1-22-13-9(15(25)23(2)17(22)26)7-8-12(18-13)14(24)21-16-19-10-5-3-4-6-11(10)20-16/h3-8H,1-2H3,(H2,19,20,21,24). The minimum atomic E-state index is -0.509. The van der Waals surface area contributed by atoms with E-state index in [0.29, 0.717) is 0 Å². The van der Waals surface area contributed by atoms with Crippen molar-refractivity contribution in [3.05, 3.63) is 62.9 Å². The Bertz CT molecular complexity index is 1260. The largest absolute Gasteiger partial charge is 0.332 e. The van der Waals surface area contributed by atoms with E-state index in [2.05, 4.69) is 20.3 Å². The van der Waals surface area contributed by atoms with E-state index in [0.717, 1.165) is 15.6 Å². The van der Waals surface area contributed by atoms with E-state index in [1.54, 1.807) is 0 Å². The van der Waals surface area contributed by atoms with E-state index in [1.165, 1.54) is 30.8 Å². The number of imidazole rings is 1. The van der Waals surface area contributed by atoms with Crippen LogP contribution in [0.15, 0.2) is 46.0 Å². The van der Waals surface area contributed by atoms with Crippen molar-refractivity contribution in [2.75, 3.05) is 5.32 Å². The molecule has 0 fully saturated rings. The number of fused-ring (bicyclic) bond motifs is 2. The zero-order valence-corrected chi connectivity index (χ0v) is 14.0. The molecule has 0 aliphatic rings. The fourth-order valence-electron chi connectivity index (χ4n) is 2.76. The van der Waals surface area contributed by atoms with E-state index in [1.807, 2.05) is 24.3 Å². The van der Waals surface area contributed by atoms with Gasteiger partial charge in [0.05, 0.1) is 16.4 Å². The summed E-state index contributed by atoms with van der Waals surface area (Å²) < 4.78 is 2.23. The number of aryl methyl sites for hydroxylation is 1. The number of nitrogens with zero attached hydrogens (tertiary/aromatic N) is 4. The van der Waals surface area contributed by atoms with Crippen molar-refractivity contribution in [3.8, 4) is 0 Å². The van der Waals surface area contributed by atoms with Gasteiger partial charge in [-0.2, -0.15) is 0 Å². The number of rotatable bonds is 2. The quantitative estimate of drug-likeness (QED) is 0.554. The lowest BCUT2D eigenvalue weighted by atomic mass is 10.2. The lowest BCUT2D eigenvalue weighted by Crippen LogP contribution is -2.37. The molecule has 4 rings (SSSR count). The van der Waals surface area contributed by atoms with Crippen molar-refractivity contribution < 1.29 is 4.79 Å². The lowest BCUT2D eigenvalue weighted by molar-refractivity contribution is 0.102. The second kappa shape index (κ2) is 5.66. The molecule has 0 bridgehead atoms. The van der Waals surface area contributed by atoms with Crippen molar-refractivity contribution in [3.63, 3.8) is 0 Å². The maximum absolute atomic E-state index is 12.5. The summed E-state index contributed by atoms with van der Waals surface area (Å²) in [6.07, 6.45) is 0. The molecule has 1 amide bonds. The second-order valence-corrected chi connectivity index (χ2v) is 5.83. The summed E-state index contributed by atoms with van der Waals surface area (Å²) in [7, 11) is 2.89. The Morgan fingerprint density at radius 2 is 1.81 bits per heavy atom. The highest BCUT2D eigenvalue weighted by Gasteiger charge is 2.15. The molecular formula is C17H14N6O3. The van der Waals surface area contributed by atoms with Gasteiger partial charge in [0.1, 0.15) is 11.3 Å². The number of pyridine rings is 1. The van der Waals surface area contributed by atoms with Gasteiger partial charge in [-0.25, -0.2) is 14.8 Å². The van der Waals surface area contributed by atoms with Crippen LogP contribution in [0, 0.1) is 0 Å². The van der Waals surface area contributed by atoms with Gasteiger partial charge in [-0.3, -0.25) is 24.0 Å². The summed E-state index contributed by atoms with van der Waals surface area (Å²) in [6.45, 7) is 0. The molecule has 0 spiro atoms. The molecular weight excluding hydrogens is 336 g/mol. The average Bonchev–Trinajstić information content (AvgIpc) is 3.06. The van der Waals surface area contributed by atoms with Gasteiger partial charge in [-0.15, -0.1) is 0 Å². The summed E-state index contributed by atoms with van der Waals surface area (Å²) in [5.41, 5.74) is 0.765. The number of aromatic amines is 1. The molecule has 0 saturated heterocycles. The summed E-state index contributed by atoms with van der Waals surface area (Å²) in [5.74, 6) is -0.213. The van der Waals surface area contributed by atoms with Crippen LogP contribution in [0.4, 0.5) is 5.95 Å². The Morgan fingerprint density at radius 1 is 1.04 bits per heavy atom. The van der Waals surface area contributed by atoms with E-state index >= 15 is 0 Å². The van der Waals surface area contributed by atoms with Crippen LogP contribution in [0.5, 0.6) is 0 Å². The maximum Gasteiger partial charge on any atom is 0.332 e. The molecule has 3 heterocycles. The highest BCUT2D eigenvalue weighted by atomic mass is 16.2. The number of carbonyl (C=O) groups excluding carboxylic acids is 1. The van der Waals surface area contributed by atoms with Crippen LogP contribution in [0.1, 0.15) is 10.5 Å². The number of nitrogens with one attached hydrogen (secondary N) is 2. The van der Waals surface area contributed by atoms with Crippen LogP contribution in [0.2, 0.25) is 0 Å². The number of anilines is 1. The van der Waals surface area contributed by atoms with Gasteiger partial charge in [0.2, 0.25) is 5.95 Å². The predicted octanol–water partition coefficient (Wildman–Crippen LogP) is 0.761. The third-order valence-electron chi connectivity index (χ3n) is 4.16. The number of para-hydroxylation sites is 2. The Labute approximate surface area is 145 Å². The van der Waals surface area contributed by atoms with Crippen LogP contribution in [-0.2, 0) is 14.1 Å². The first-order chi connectivity index (χ1) is 12.5. The molecule has 4 aromatic rings. The molecule has 0 unspecified atom stereocenters. The number of H-pyrrole nitrogens is 1. The number of hydrogen-bond acceptors (Lipinski definition) is 5. The highest BCUT2D eigenvalue weighted by Crippen LogP contribution is 2.14. The molecule has 0 aliphatic heterocycles. The fraction of sp³-hybridized carbons (Fsp3) is 0.118. The average molecular weight is 350 g/mol. The number of benzene rings is 1. The van der Waals surface area contributed by atoms with E-state index < -0.39 is 17.2 Å². The van der Waals surface area contributed by atoms with Gasteiger partial charge < -0.3 is 4.98 Å². The van der Waals surface area contributed by atoms with Crippen molar-refractivity contribution in [2.24, 2.45) is 14.1 Å². The third kappa shape index (κ3) is 2.37. The SMILES string of the molecule is Cn1c(=O)c2ccc(C(=O)Nc3nc4ccccc4[nH]3)nc2n(C)c1=O. The Balaban J connectivity index is 1.75. The van der Waals surface area contributed by atoms with E-state index in [9.17, 15) is 14.4 Å². The first kappa shape index (κ1) is 15.8. The molecule has 9 heteroatoms. The zero-order valence-electron chi connectivity index (χ0n) is 14.0. The maximum atomic E-state index is 12.5. The van der Waals surface area contributed by atoms with Crippen molar-refractivity contribution in [1.82, 2.24) is 24.1 Å². The zero-order chi connectivity index (χ0) is 18.4. The van der Waals surface area contributed by atoms with Crippen LogP contribution in [0.25, 0.3) is 22.1 Å². The van der Waals surface area contributed by atoms with Gasteiger partial charge in [0.25, 0.3) is 11.5 Å². The van der Waals surface area contributed by atoms with Crippen molar-refractivity contribution in [2.45, 2.75) is 0 Å². The summed E-state index contributed by atoms with van der Waals surface area (Å²) >= 11 is 0. The highest BCUT2D eigenvalue weighted by molar-refractivity contribution is 6.03. The normalized spacial score (nSPS) is 11.2. The molecule has 26 heavy (non-hydrogen) atoms. The second-order valence-electron chi connectivity index (χ2n) is 5.83. The monoisotopic (exact) mass is 350 g/mol. The molecule has 0 aliphatic carbocycles. The number of amides is 1. The Hall–Kier alpha value is -3.75. The smallest absolute Gasteiger partial charge is 0.324 e. The van der Waals surface area contributed by atoms with Gasteiger partial charge in [-0.1, -0.05) is 12.1 Å². The van der Waals surface area contributed by atoms with Gasteiger partial charge in [0.15, 0.2) is 0 Å². The first-order valence-corrected chi connectivity index (χ1v) is 7.78. The van der Waals surface area contributed by atoms with E-state index in [4.69, 9.17) is 0 Å². The van der Waals surface area contributed by atoms with Crippen LogP contribution in [-0.4, -0.2) is 30.0 Å². The molecule has 2 N–H and O–H groups in total. The molecule has 0 atom stereocenters. The van der Waals surface area contributed by atoms with Crippen LogP contribution < -0.4 is 16.6 Å². The summed E-state index contributed by atoms with van der Waals surface area (Å²) in [5, 5.41) is 2.89. The predicted molar refractivity (Wildman–Crippen MR) is 96.3 cm³/mol. The molecule has 3 aromatic heterocycles. The Kier molecular flexibility index (Phi) is 3.43. The van der Waals surface area contributed by atoms with Gasteiger partial charge in [-0.05, 0) is 24.3 Å². The molecule has 1 aromatic carbocycles. The third-order valence-corrected chi connectivity index (χ3v) is 4.16.